The molecule has 4 heterocycles. The largest absolute Gasteiger partial charge is 0.457 e. The average molecular weight is 580 g/mol. The minimum absolute atomic E-state index is 0.132. The Bertz CT molecular complexity index is 1460. The van der Waals surface area contributed by atoms with Crippen LogP contribution in [0.25, 0.3) is 11.2 Å². The van der Waals surface area contributed by atoms with Gasteiger partial charge in [0, 0.05) is 18.7 Å². The molecule has 0 saturated carbocycles. The summed E-state index contributed by atoms with van der Waals surface area (Å²) in [7, 11) is 0. The Morgan fingerprint density at radius 3 is 2.64 bits per heavy atom. The van der Waals surface area contributed by atoms with Crippen molar-refractivity contribution >= 4 is 29.4 Å². The van der Waals surface area contributed by atoms with E-state index in [0.717, 1.165) is 18.4 Å². The Morgan fingerprint density at radius 1 is 1.19 bits per heavy atom. The zero-order valence-corrected chi connectivity index (χ0v) is 24.0. The van der Waals surface area contributed by atoms with Crippen LogP contribution in [0.5, 0.6) is 0 Å². The van der Waals surface area contributed by atoms with Gasteiger partial charge in [0.15, 0.2) is 41.2 Å². The topological polar surface area (TPSA) is 161 Å². The Hall–Kier alpha value is -4.07. The number of imidazole rings is 1. The Balaban J connectivity index is 1.55. The van der Waals surface area contributed by atoms with Crippen molar-refractivity contribution in [1.82, 2.24) is 24.7 Å². The molecule has 0 aliphatic carbocycles. The first-order valence-electron chi connectivity index (χ1n) is 14.3. The maximum absolute atomic E-state index is 11.5. The van der Waals surface area contributed by atoms with E-state index in [2.05, 4.69) is 29.3 Å². The first-order valence-corrected chi connectivity index (χ1v) is 14.3. The van der Waals surface area contributed by atoms with Crippen molar-refractivity contribution in [3.05, 3.63) is 59.7 Å². The van der Waals surface area contributed by atoms with Crippen LogP contribution in [0.1, 0.15) is 63.0 Å². The van der Waals surface area contributed by atoms with Gasteiger partial charge < -0.3 is 34.4 Å². The molecule has 0 radical (unpaired) electrons. The summed E-state index contributed by atoms with van der Waals surface area (Å²) in [4.78, 5) is 27.3. The highest BCUT2D eigenvalue weighted by atomic mass is 16.6. The minimum atomic E-state index is -1.24. The fraction of sp³-hybridized carbons (Fsp3) is 0.483. The van der Waals surface area contributed by atoms with Crippen LogP contribution in [0.2, 0.25) is 0 Å². The molecule has 13 nitrogen and oxygen atoms in total. The standard InChI is InChI=1S/C29H37N7O6/c1-4-19(5-2)31-26-22-27(33-29(32-26)35(16-37)13-12-18-10-8-7-9-11-18)36(15-30-22)28-25(40-17-38)23(39)24(41-28)21-14-20(6-3)34-42-21/h7-11,14-15,17,19,23-25,28,37,39H,4-6,12-13,16H2,1-3H3,(H,31,32,33)/t23-,24-,25-,28-/m1/s1. The molecular formula is C29H37N7O6. The maximum Gasteiger partial charge on any atom is 0.293 e. The maximum atomic E-state index is 11.5. The summed E-state index contributed by atoms with van der Waals surface area (Å²) in [5.41, 5.74) is 2.69. The zero-order valence-electron chi connectivity index (χ0n) is 24.0. The molecule has 3 aromatic heterocycles. The number of nitrogens with zero attached hydrogens (tertiary/aromatic N) is 6. The molecule has 4 aromatic rings. The van der Waals surface area contributed by atoms with E-state index in [-0.39, 0.29) is 19.2 Å². The van der Waals surface area contributed by atoms with Crippen molar-refractivity contribution in [2.24, 2.45) is 0 Å². The van der Waals surface area contributed by atoms with E-state index in [1.54, 1.807) is 15.5 Å². The lowest BCUT2D eigenvalue weighted by atomic mass is 10.1. The molecule has 5 rings (SSSR count). The molecule has 42 heavy (non-hydrogen) atoms. The number of aliphatic hydroxyl groups excluding tert-OH is 2. The molecule has 3 N–H and O–H groups in total. The number of ether oxygens (including phenoxy) is 2. The van der Waals surface area contributed by atoms with E-state index in [9.17, 15) is 15.0 Å². The van der Waals surface area contributed by atoms with Gasteiger partial charge in [-0.1, -0.05) is 56.3 Å². The number of carbonyl (C=O) groups is 1. The summed E-state index contributed by atoms with van der Waals surface area (Å²) in [6.45, 7) is 6.55. The number of aryl methyl sites for hydroxylation is 1. The second-order valence-corrected chi connectivity index (χ2v) is 10.2. The van der Waals surface area contributed by atoms with Crippen molar-refractivity contribution in [1.29, 1.82) is 0 Å². The van der Waals surface area contributed by atoms with Gasteiger partial charge in [0.25, 0.3) is 6.47 Å². The van der Waals surface area contributed by atoms with Crippen LogP contribution in [0, 0.1) is 0 Å². The average Bonchev–Trinajstić information content (AvgIpc) is 3.74. The van der Waals surface area contributed by atoms with Crippen molar-refractivity contribution < 1.29 is 29.0 Å². The molecule has 1 aliphatic heterocycles. The molecule has 1 fully saturated rings. The monoisotopic (exact) mass is 579 g/mol. The predicted octanol–water partition coefficient (Wildman–Crippen LogP) is 3.15. The fourth-order valence-corrected chi connectivity index (χ4v) is 5.11. The van der Waals surface area contributed by atoms with Crippen LogP contribution in [-0.4, -0.2) is 72.9 Å². The molecule has 0 amide bonds. The number of hydrogen-bond donors (Lipinski definition) is 3. The summed E-state index contributed by atoms with van der Waals surface area (Å²) in [5, 5.41) is 28.9. The summed E-state index contributed by atoms with van der Waals surface area (Å²) in [6, 6.07) is 11.8. The molecule has 13 heteroatoms. The number of anilines is 2. The molecule has 1 saturated heterocycles. The fourth-order valence-electron chi connectivity index (χ4n) is 5.11. The van der Waals surface area contributed by atoms with Gasteiger partial charge in [-0.2, -0.15) is 9.97 Å². The van der Waals surface area contributed by atoms with Gasteiger partial charge >= 0.3 is 0 Å². The second kappa shape index (κ2) is 13.3. The number of fused-ring (bicyclic) bond motifs is 1. The third-order valence-corrected chi connectivity index (χ3v) is 7.62. The lowest BCUT2D eigenvalue weighted by Crippen LogP contribution is -2.32. The summed E-state index contributed by atoms with van der Waals surface area (Å²) in [5.74, 6) is 1.12. The van der Waals surface area contributed by atoms with Gasteiger partial charge in [0.05, 0.1) is 12.0 Å². The third-order valence-electron chi connectivity index (χ3n) is 7.62. The Labute approximate surface area is 243 Å². The highest BCUT2D eigenvalue weighted by molar-refractivity contribution is 5.84. The van der Waals surface area contributed by atoms with Crippen molar-refractivity contribution in [2.75, 3.05) is 23.5 Å². The molecule has 0 bridgehead atoms. The molecule has 4 atom stereocenters. The highest BCUT2D eigenvalue weighted by Crippen LogP contribution is 2.42. The van der Waals surface area contributed by atoms with E-state index < -0.39 is 24.5 Å². The van der Waals surface area contributed by atoms with E-state index in [1.165, 1.54) is 6.33 Å². The number of rotatable bonds is 14. The van der Waals surface area contributed by atoms with Crippen LogP contribution >= 0.6 is 0 Å². The molecule has 1 aliphatic rings. The molecule has 0 unspecified atom stereocenters. The smallest absolute Gasteiger partial charge is 0.293 e. The normalized spacial score (nSPS) is 20.3. The molecule has 224 valence electrons. The van der Waals surface area contributed by atoms with Crippen molar-refractivity contribution in [3.63, 3.8) is 0 Å². The number of carbonyl (C=O) groups excluding carboxylic acids is 1. The number of benzene rings is 1. The second-order valence-electron chi connectivity index (χ2n) is 10.2. The van der Waals surface area contributed by atoms with E-state index in [1.807, 2.05) is 37.3 Å². The van der Waals surface area contributed by atoms with E-state index in [0.29, 0.717) is 53.8 Å². The van der Waals surface area contributed by atoms with Crippen molar-refractivity contribution in [3.8, 4) is 0 Å². The summed E-state index contributed by atoms with van der Waals surface area (Å²) < 4.78 is 18.6. The number of aromatic nitrogens is 5. The van der Waals surface area contributed by atoms with Crippen LogP contribution in [0.15, 0.2) is 47.2 Å². The first kappa shape index (κ1) is 29.4. The number of hydrogen-bond acceptors (Lipinski definition) is 12. The van der Waals surface area contributed by atoms with Gasteiger partial charge in [-0.15, -0.1) is 0 Å². The predicted molar refractivity (Wildman–Crippen MR) is 154 cm³/mol. The molecule has 0 spiro atoms. The van der Waals surface area contributed by atoms with Gasteiger partial charge in [0.2, 0.25) is 5.95 Å². The van der Waals surface area contributed by atoms with E-state index >= 15 is 0 Å². The zero-order chi connectivity index (χ0) is 29.6. The van der Waals surface area contributed by atoms with Crippen LogP contribution in [-0.2, 0) is 27.1 Å². The summed E-state index contributed by atoms with van der Waals surface area (Å²) in [6.07, 6.45) is 0.326. The SMILES string of the molecule is CCc1cc([C@H]2O[C@@H](n3cnc4c(NC(CC)CC)nc(N(CO)CCc5ccccc5)nc43)[C@H](OC=O)[C@@H]2O)on1. The Kier molecular flexibility index (Phi) is 9.30. The van der Waals surface area contributed by atoms with Gasteiger partial charge in [-0.25, -0.2) is 4.98 Å². The van der Waals surface area contributed by atoms with Crippen molar-refractivity contribution in [2.45, 2.75) is 77.0 Å². The minimum Gasteiger partial charge on any atom is -0.457 e. The lowest BCUT2D eigenvalue weighted by molar-refractivity contribution is -0.142. The van der Waals surface area contributed by atoms with Gasteiger partial charge in [-0.05, 0) is 31.2 Å². The Morgan fingerprint density at radius 2 is 1.98 bits per heavy atom. The highest BCUT2D eigenvalue weighted by Gasteiger charge is 2.49. The number of nitrogens with one attached hydrogen (secondary N) is 1. The van der Waals surface area contributed by atoms with Crippen LogP contribution in [0.3, 0.4) is 0 Å². The lowest BCUT2D eigenvalue weighted by Gasteiger charge is -2.23. The van der Waals surface area contributed by atoms with Gasteiger partial charge in [0.1, 0.15) is 12.8 Å². The molecule has 1 aromatic carbocycles. The van der Waals surface area contributed by atoms with E-state index in [4.69, 9.17) is 24.0 Å². The first-order chi connectivity index (χ1) is 20.5. The third kappa shape index (κ3) is 5.94. The van der Waals surface area contributed by atoms with Crippen LogP contribution < -0.4 is 10.2 Å². The molecular weight excluding hydrogens is 542 g/mol. The van der Waals surface area contributed by atoms with Gasteiger partial charge in [-0.3, -0.25) is 9.36 Å². The summed E-state index contributed by atoms with van der Waals surface area (Å²) >= 11 is 0. The number of aliphatic hydroxyl groups is 2. The quantitative estimate of drug-likeness (QED) is 0.148. The van der Waals surface area contributed by atoms with Crippen LogP contribution in [0.4, 0.5) is 11.8 Å².